The van der Waals surface area contributed by atoms with E-state index in [2.05, 4.69) is 37.0 Å². The fraction of sp³-hybridized carbons (Fsp3) is 0. The van der Waals surface area contributed by atoms with Crippen LogP contribution in [0.2, 0.25) is 5.02 Å². The zero-order chi connectivity index (χ0) is 15.0. The topological polar surface area (TPSA) is 52.0 Å². The zero-order valence-electron chi connectivity index (χ0n) is 10.6. The first kappa shape index (κ1) is 14.6. The second kappa shape index (κ2) is 5.83. The first-order chi connectivity index (χ1) is 10.0. The van der Waals surface area contributed by atoms with Gasteiger partial charge in [-0.15, -0.1) is 0 Å². The average molecular weight is 429 g/mol. The lowest BCUT2D eigenvalue weighted by Gasteiger charge is -2.05. The molecule has 0 saturated heterocycles. The van der Waals surface area contributed by atoms with Crippen molar-refractivity contribution in [2.24, 2.45) is 0 Å². The average Bonchev–Trinajstić information content (AvgIpc) is 2.79. The molecule has 0 saturated carbocycles. The zero-order valence-corrected chi connectivity index (χ0v) is 14.5. The summed E-state index contributed by atoms with van der Waals surface area (Å²) in [5.74, 6) is 0.277. The van der Waals surface area contributed by atoms with Crippen molar-refractivity contribution in [2.75, 3.05) is 5.73 Å². The smallest absolute Gasteiger partial charge is 0.230 e. The van der Waals surface area contributed by atoms with Gasteiger partial charge in [-0.1, -0.05) is 60.8 Å². The molecule has 2 N–H and O–H groups in total. The molecule has 0 atom stereocenters. The van der Waals surface area contributed by atoms with E-state index >= 15 is 0 Å². The summed E-state index contributed by atoms with van der Waals surface area (Å²) in [6.07, 6.45) is 0. The van der Waals surface area contributed by atoms with Crippen molar-refractivity contribution in [3.63, 3.8) is 0 Å². The Morgan fingerprint density at radius 2 is 1.76 bits per heavy atom. The lowest BCUT2D eigenvalue weighted by Crippen LogP contribution is -1.88. The second-order valence-electron chi connectivity index (χ2n) is 4.44. The molecule has 0 amide bonds. The molecule has 0 spiro atoms. The molecule has 3 nitrogen and oxygen atoms in total. The van der Waals surface area contributed by atoms with Crippen molar-refractivity contribution < 1.29 is 4.52 Å². The molecule has 3 aromatic rings. The van der Waals surface area contributed by atoms with Crippen molar-refractivity contribution in [1.82, 2.24) is 5.16 Å². The van der Waals surface area contributed by atoms with Gasteiger partial charge in [0.15, 0.2) is 0 Å². The summed E-state index contributed by atoms with van der Waals surface area (Å²) in [5, 5.41) is 4.69. The van der Waals surface area contributed by atoms with Crippen molar-refractivity contribution >= 4 is 49.3 Å². The maximum Gasteiger partial charge on any atom is 0.230 e. The van der Waals surface area contributed by atoms with Gasteiger partial charge in [0.1, 0.15) is 5.69 Å². The number of rotatable bonds is 2. The van der Waals surface area contributed by atoms with E-state index < -0.39 is 0 Å². The van der Waals surface area contributed by atoms with Gasteiger partial charge >= 0.3 is 0 Å². The number of anilines is 1. The lowest BCUT2D eigenvalue weighted by molar-refractivity contribution is 0.439. The third kappa shape index (κ3) is 3.00. The molecule has 21 heavy (non-hydrogen) atoms. The fourth-order valence-electron chi connectivity index (χ4n) is 2.11. The van der Waals surface area contributed by atoms with Crippen LogP contribution in [0.25, 0.3) is 22.4 Å². The molecule has 0 fully saturated rings. The quantitative estimate of drug-likeness (QED) is 0.564. The van der Waals surface area contributed by atoms with Gasteiger partial charge in [0, 0.05) is 19.5 Å². The van der Waals surface area contributed by atoms with Gasteiger partial charge < -0.3 is 10.3 Å². The highest BCUT2D eigenvalue weighted by atomic mass is 79.9. The number of nitrogen functional groups attached to an aromatic ring is 1. The van der Waals surface area contributed by atoms with Crippen LogP contribution in [-0.2, 0) is 0 Å². The number of nitrogens with two attached hydrogens (primary N) is 1. The summed E-state index contributed by atoms with van der Waals surface area (Å²) in [5.41, 5.74) is 9.13. The summed E-state index contributed by atoms with van der Waals surface area (Å²) in [6.45, 7) is 0. The predicted octanol–water partition coefficient (Wildman–Crippen LogP) is 5.77. The van der Waals surface area contributed by atoms with E-state index in [9.17, 15) is 0 Å². The van der Waals surface area contributed by atoms with Crippen molar-refractivity contribution in [3.05, 3.63) is 56.4 Å². The van der Waals surface area contributed by atoms with Crippen LogP contribution in [-0.4, -0.2) is 5.16 Å². The fourth-order valence-corrected chi connectivity index (χ4v) is 3.37. The van der Waals surface area contributed by atoms with Crippen LogP contribution in [0.3, 0.4) is 0 Å². The summed E-state index contributed by atoms with van der Waals surface area (Å²) >= 11 is 13.0. The molecule has 6 heteroatoms. The third-order valence-corrected chi connectivity index (χ3v) is 4.14. The normalized spacial score (nSPS) is 10.8. The van der Waals surface area contributed by atoms with Crippen LogP contribution in [0, 0.1) is 0 Å². The Labute approximate surface area is 143 Å². The number of hydrogen-bond donors (Lipinski definition) is 1. The van der Waals surface area contributed by atoms with E-state index in [1.807, 2.05) is 42.5 Å². The summed E-state index contributed by atoms with van der Waals surface area (Å²) < 4.78 is 7.00. The highest BCUT2D eigenvalue weighted by Gasteiger charge is 2.18. The van der Waals surface area contributed by atoms with Gasteiger partial charge in [0.2, 0.25) is 5.88 Å². The van der Waals surface area contributed by atoms with Crippen LogP contribution in [0.1, 0.15) is 0 Å². The Hall–Kier alpha value is -1.30. The van der Waals surface area contributed by atoms with E-state index in [-0.39, 0.29) is 5.88 Å². The molecule has 0 unspecified atom stereocenters. The monoisotopic (exact) mass is 426 g/mol. The molecule has 0 aliphatic carbocycles. The van der Waals surface area contributed by atoms with Gasteiger partial charge in [-0.05, 0) is 35.9 Å². The maximum absolute atomic E-state index is 6.10. The highest BCUT2D eigenvalue weighted by molar-refractivity contribution is 9.10. The van der Waals surface area contributed by atoms with Crippen molar-refractivity contribution in [3.8, 4) is 22.4 Å². The molecule has 3 rings (SSSR count). The summed E-state index contributed by atoms with van der Waals surface area (Å²) in [4.78, 5) is 0. The van der Waals surface area contributed by atoms with E-state index in [1.165, 1.54) is 0 Å². The molecular weight excluding hydrogens is 419 g/mol. The maximum atomic E-state index is 6.10. The van der Waals surface area contributed by atoms with Crippen LogP contribution in [0.5, 0.6) is 0 Å². The first-order valence-electron chi connectivity index (χ1n) is 6.02. The van der Waals surface area contributed by atoms with E-state index in [4.69, 9.17) is 21.9 Å². The standard InChI is InChI=1S/C15H9Br2ClN2O/c16-10-3-1-2-8(4-10)13-14(20-21-15(13)19)9-5-11(17)7-12(18)6-9/h1-7H,19H2. The molecule has 0 aliphatic heterocycles. The number of nitrogens with zero attached hydrogens (tertiary/aromatic N) is 1. The molecule has 0 aliphatic rings. The molecular formula is C15H9Br2ClN2O. The van der Waals surface area contributed by atoms with Gasteiger partial charge in [-0.2, -0.15) is 0 Å². The molecule has 0 bridgehead atoms. The Morgan fingerprint density at radius 3 is 2.48 bits per heavy atom. The number of hydrogen-bond acceptors (Lipinski definition) is 3. The minimum absolute atomic E-state index is 0.277. The van der Waals surface area contributed by atoms with Gasteiger partial charge in [0.05, 0.1) is 5.56 Å². The van der Waals surface area contributed by atoms with Crippen molar-refractivity contribution in [1.29, 1.82) is 0 Å². The third-order valence-electron chi connectivity index (χ3n) is 2.97. The van der Waals surface area contributed by atoms with E-state index in [1.54, 1.807) is 0 Å². The van der Waals surface area contributed by atoms with Gasteiger partial charge in [-0.25, -0.2) is 0 Å². The van der Waals surface area contributed by atoms with E-state index in [0.29, 0.717) is 10.7 Å². The van der Waals surface area contributed by atoms with E-state index in [0.717, 1.165) is 25.6 Å². The lowest BCUT2D eigenvalue weighted by atomic mass is 10.0. The number of aromatic nitrogens is 1. The Balaban J connectivity index is 2.21. The molecule has 0 radical (unpaired) electrons. The van der Waals surface area contributed by atoms with Gasteiger partial charge in [-0.3, -0.25) is 0 Å². The Morgan fingerprint density at radius 1 is 1.00 bits per heavy atom. The van der Waals surface area contributed by atoms with Crippen LogP contribution >= 0.6 is 43.5 Å². The minimum atomic E-state index is 0.277. The molecule has 2 aromatic carbocycles. The Kier molecular flexibility index (Phi) is 4.06. The van der Waals surface area contributed by atoms with Gasteiger partial charge in [0.25, 0.3) is 0 Å². The Bertz CT molecular complexity index is 797. The minimum Gasteiger partial charge on any atom is -0.367 e. The number of benzene rings is 2. The van der Waals surface area contributed by atoms with Crippen LogP contribution in [0.15, 0.2) is 55.9 Å². The second-order valence-corrected chi connectivity index (χ2v) is 6.71. The molecule has 1 heterocycles. The summed E-state index contributed by atoms with van der Waals surface area (Å²) in [7, 11) is 0. The van der Waals surface area contributed by atoms with Crippen molar-refractivity contribution in [2.45, 2.75) is 0 Å². The first-order valence-corrected chi connectivity index (χ1v) is 7.98. The largest absolute Gasteiger partial charge is 0.367 e. The van der Waals surface area contributed by atoms with Crippen LogP contribution < -0.4 is 5.73 Å². The SMILES string of the molecule is Nc1onc(-c2cc(Cl)cc(Br)c2)c1-c1cccc(Br)c1. The number of halogens is 3. The predicted molar refractivity (Wildman–Crippen MR) is 92.2 cm³/mol. The molecule has 1 aromatic heterocycles. The van der Waals surface area contributed by atoms with Crippen LogP contribution in [0.4, 0.5) is 5.88 Å². The highest BCUT2D eigenvalue weighted by Crippen LogP contribution is 2.38. The summed E-state index contributed by atoms with van der Waals surface area (Å²) in [6, 6.07) is 13.4. The molecule has 106 valence electrons.